The van der Waals surface area contributed by atoms with E-state index in [1.54, 1.807) is 69.3 Å². The molecule has 3 atom stereocenters. The number of aromatic nitrogens is 3. The Morgan fingerprint density at radius 1 is 0.866 bits per heavy atom. The van der Waals surface area contributed by atoms with Crippen LogP contribution in [0.4, 0.5) is 9.59 Å². The second kappa shape index (κ2) is 20.9. The second-order valence-electron chi connectivity index (χ2n) is 17.4. The summed E-state index contributed by atoms with van der Waals surface area (Å²) in [5, 5.41) is 3.69. The molecule has 0 bridgehead atoms. The van der Waals surface area contributed by atoms with Gasteiger partial charge in [0.05, 0.1) is 23.2 Å². The highest BCUT2D eigenvalue weighted by atomic mass is 32.1. The number of thiophene rings is 1. The van der Waals surface area contributed by atoms with Crippen LogP contribution in [0.1, 0.15) is 79.2 Å². The van der Waals surface area contributed by atoms with Gasteiger partial charge in [-0.3, -0.25) is 37.9 Å². The molecule has 3 fully saturated rings. The van der Waals surface area contributed by atoms with Crippen LogP contribution in [-0.4, -0.2) is 129 Å². The van der Waals surface area contributed by atoms with Gasteiger partial charge in [0.1, 0.15) is 17.7 Å². The summed E-state index contributed by atoms with van der Waals surface area (Å²) in [7, 11) is -4.16. The van der Waals surface area contributed by atoms with Crippen molar-refractivity contribution in [3.63, 3.8) is 0 Å². The van der Waals surface area contributed by atoms with Crippen molar-refractivity contribution in [2.75, 3.05) is 39.8 Å². The number of ether oxygens (including phenoxy) is 4. The summed E-state index contributed by atoms with van der Waals surface area (Å²) in [4.78, 5) is 81.9. The Labute approximate surface area is 391 Å². The maximum Gasteiger partial charge on any atom is 0.510 e. The number of likely N-dealkylation sites (tertiary alicyclic amines) is 1. The molecule has 0 unspecified atom stereocenters. The van der Waals surface area contributed by atoms with Gasteiger partial charge in [0.25, 0.3) is 5.91 Å². The standard InChI is InChI=1S/C46H54N7O12PS/c1-29(2)64-45(57)60-27-62-66(59,63-28-61-46(58)65-30(3)4)26-32-7-10-39-34(18-32)20-40(67-39)42(54)49-37-25-50(22-31-11-16-51-17-14-48-41(51)19-31)15-12-36-8-9-38(53(36)43(37)55)44(56)52-23-35(24-52)33-6-5-13-47-21-33/h5-7,10-11,13-14,16-21,29-30,35-38H,8-9,12,15,22-28H2,1-4H3,(H,49,54)/t36-,37+,38+/m1/s1. The van der Waals surface area contributed by atoms with Gasteiger partial charge in [-0.25, -0.2) is 14.6 Å². The first-order chi connectivity index (χ1) is 32.2. The fourth-order valence-corrected chi connectivity index (χ4v) is 10.9. The van der Waals surface area contributed by atoms with Crippen LogP contribution in [-0.2, 0) is 54.9 Å². The molecule has 3 amide bonds. The van der Waals surface area contributed by atoms with Crippen LogP contribution in [0, 0.1) is 0 Å². The van der Waals surface area contributed by atoms with Crippen LogP contribution in [0.3, 0.4) is 0 Å². The van der Waals surface area contributed by atoms with Crippen LogP contribution >= 0.6 is 18.9 Å². The minimum Gasteiger partial charge on any atom is -0.432 e. The molecular formula is C46H54N7O12PS. The lowest BCUT2D eigenvalue weighted by atomic mass is 9.92. The SMILES string of the molecule is CC(C)OC(=O)OCOP(=O)(Cc1ccc2sc(C(=O)N[C@H]3CN(Cc4ccn5ccnc5c4)CC[C@H]4CC[C@@H](C(=O)N5CC(c6cccnc6)C5)N4C3=O)cc2c1)OCOC(=O)OC(C)C. The molecule has 5 aromatic rings. The zero-order chi connectivity index (χ0) is 47.2. The summed E-state index contributed by atoms with van der Waals surface area (Å²) < 4.78 is 47.2. The minimum atomic E-state index is -4.16. The van der Waals surface area contributed by atoms with E-state index in [9.17, 15) is 28.5 Å². The predicted molar refractivity (Wildman–Crippen MR) is 244 cm³/mol. The Morgan fingerprint density at radius 3 is 2.31 bits per heavy atom. The number of nitrogens with zero attached hydrogens (tertiary/aromatic N) is 6. The van der Waals surface area contributed by atoms with Crippen LogP contribution < -0.4 is 5.32 Å². The van der Waals surface area contributed by atoms with Gasteiger partial charge < -0.3 is 38.5 Å². The molecule has 0 radical (unpaired) electrons. The first-order valence-electron chi connectivity index (χ1n) is 22.2. The van der Waals surface area contributed by atoms with Gasteiger partial charge in [-0.15, -0.1) is 11.3 Å². The van der Waals surface area contributed by atoms with Crippen LogP contribution in [0.5, 0.6) is 0 Å². The minimum absolute atomic E-state index is 0.0746. The van der Waals surface area contributed by atoms with E-state index in [0.29, 0.717) is 61.3 Å². The molecule has 21 heteroatoms. The molecule has 7 heterocycles. The molecular weight excluding hydrogens is 906 g/mol. The number of rotatable bonds is 16. The summed E-state index contributed by atoms with van der Waals surface area (Å²) in [5.74, 6) is -0.649. The Hall–Kier alpha value is -5.92. The first-order valence-corrected chi connectivity index (χ1v) is 24.8. The van der Waals surface area contributed by atoms with E-state index in [2.05, 4.69) is 20.2 Å². The molecule has 0 spiro atoms. The third kappa shape index (κ3) is 11.8. The van der Waals surface area contributed by atoms with E-state index < -0.39 is 63.7 Å². The number of carbonyl (C=O) groups excluding carboxylic acids is 5. The summed E-state index contributed by atoms with van der Waals surface area (Å²) in [6.45, 7) is 7.45. The van der Waals surface area contributed by atoms with E-state index in [1.807, 2.05) is 52.2 Å². The van der Waals surface area contributed by atoms with Gasteiger partial charge in [0, 0.05) is 80.4 Å². The lowest BCUT2D eigenvalue weighted by molar-refractivity contribution is -0.150. The van der Waals surface area contributed by atoms with Crippen LogP contribution in [0.2, 0.25) is 0 Å². The summed E-state index contributed by atoms with van der Waals surface area (Å²) in [6, 6.07) is 13.0. The predicted octanol–water partition coefficient (Wildman–Crippen LogP) is 6.70. The third-order valence-corrected chi connectivity index (χ3v) is 14.6. The average Bonchev–Trinajstić information content (AvgIpc) is 4.02. The van der Waals surface area contributed by atoms with Crippen LogP contribution in [0.25, 0.3) is 15.7 Å². The average molecular weight is 960 g/mol. The highest BCUT2D eigenvalue weighted by Crippen LogP contribution is 2.52. The maximum absolute atomic E-state index is 14.9. The molecule has 3 saturated heterocycles. The van der Waals surface area contributed by atoms with Crippen molar-refractivity contribution >= 4 is 64.7 Å². The summed E-state index contributed by atoms with van der Waals surface area (Å²) >= 11 is 1.22. The molecule has 3 aliphatic rings. The largest absolute Gasteiger partial charge is 0.510 e. The fourth-order valence-electron chi connectivity index (χ4n) is 8.59. The van der Waals surface area contributed by atoms with E-state index in [-0.39, 0.29) is 36.5 Å². The lowest BCUT2D eigenvalue weighted by Crippen LogP contribution is -2.62. The quantitative estimate of drug-likeness (QED) is 0.0620. The number of carbonyl (C=O) groups is 5. The zero-order valence-corrected chi connectivity index (χ0v) is 39.4. The maximum atomic E-state index is 14.9. The van der Waals surface area contributed by atoms with Gasteiger partial charge in [-0.2, -0.15) is 0 Å². The first kappa shape index (κ1) is 47.6. The second-order valence-corrected chi connectivity index (χ2v) is 20.5. The van der Waals surface area contributed by atoms with Crippen molar-refractivity contribution in [3.05, 3.63) is 101 Å². The summed E-state index contributed by atoms with van der Waals surface area (Å²) in [5.41, 5.74) is 3.36. The molecule has 1 N–H and O–H groups in total. The smallest absolute Gasteiger partial charge is 0.432 e. The molecule has 8 rings (SSSR count). The lowest BCUT2D eigenvalue weighted by Gasteiger charge is -2.44. The van der Waals surface area contributed by atoms with E-state index in [4.69, 9.17) is 28.0 Å². The van der Waals surface area contributed by atoms with Crippen molar-refractivity contribution in [2.24, 2.45) is 0 Å². The molecule has 19 nitrogen and oxygen atoms in total. The monoisotopic (exact) mass is 959 g/mol. The van der Waals surface area contributed by atoms with Gasteiger partial charge in [0.15, 0.2) is 0 Å². The number of hydrogen-bond donors (Lipinski definition) is 1. The molecule has 4 aromatic heterocycles. The Bertz CT molecular complexity index is 2600. The number of pyridine rings is 2. The molecule has 1 aromatic carbocycles. The number of hydrogen-bond acceptors (Lipinski definition) is 16. The molecule has 0 aliphatic carbocycles. The highest BCUT2D eigenvalue weighted by molar-refractivity contribution is 7.53. The fraction of sp³-hybridized carbons (Fsp3) is 0.457. The number of benzene rings is 1. The van der Waals surface area contributed by atoms with Crippen molar-refractivity contribution in [2.45, 2.75) is 95.9 Å². The van der Waals surface area contributed by atoms with Gasteiger partial charge in [-0.1, -0.05) is 12.1 Å². The van der Waals surface area contributed by atoms with Crippen molar-refractivity contribution in [1.29, 1.82) is 0 Å². The van der Waals surface area contributed by atoms with Gasteiger partial charge >= 0.3 is 19.9 Å². The molecule has 67 heavy (non-hydrogen) atoms. The normalized spacial score (nSPS) is 19.3. The van der Waals surface area contributed by atoms with Crippen molar-refractivity contribution in [1.82, 2.24) is 34.4 Å². The van der Waals surface area contributed by atoms with Gasteiger partial charge in [0.2, 0.25) is 25.4 Å². The molecule has 356 valence electrons. The number of nitrogens with one attached hydrogen (secondary N) is 1. The van der Waals surface area contributed by atoms with E-state index in [0.717, 1.165) is 21.5 Å². The van der Waals surface area contributed by atoms with E-state index >= 15 is 0 Å². The summed E-state index contributed by atoms with van der Waals surface area (Å²) in [6.07, 6.45) is 7.65. The highest BCUT2D eigenvalue weighted by Gasteiger charge is 2.48. The van der Waals surface area contributed by atoms with Crippen LogP contribution in [0.15, 0.2) is 79.5 Å². The number of amides is 3. The van der Waals surface area contributed by atoms with Crippen molar-refractivity contribution in [3.8, 4) is 0 Å². The van der Waals surface area contributed by atoms with Crippen molar-refractivity contribution < 1.29 is 56.5 Å². The third-order valence-electron chi connectivity index (χ3n) is 11.8. The number of imidazole rings is 1. The molecule has 0 saturated carbocycles. The Balaban J connectivity index is 0.987. The Morgan fingerprint density at radius 2 is 1.61 bits per heavy atom. The van der Waals surface area contributed by atoms with E-state index in [1.165, 1.54) is 11.3 Å². The molecule has 3 aliphatic heterocycles. The number of fused-ring (bicyclic) bond motifs is 3. The topological polar surface area (TPSA) is 210 Å². The Kier molecular flexibility index (Phi) is 14.9. The van der Waals surface area contributed by atoms with Gasteiger partial charge in [-0.05, 0) is 105 Å². The zero-order valence-electron chi connectivity index (χ0n) is 37.7.